The number of benzene rings is 2. The average molecular weight is 490 g/mol. The standard InChI is InChI=1S/C29H31NO4S/c1-18(2)33-24-11-7-9-22(31-5)28(24)20-13-14-21(30-17-20)26-15-16-27(35-26)29-23(32-6)10-8-12-25(29)34-19(3)4/h7-19H,1-6H3. The van der Waals surface area contributed by atoms with Crippen LogP contribution in [0.25, 0.3) is 32.1 Å². The van der Waals surface area contributed by atoms with Gasteiger partial charge >= 0.3 is 0 Å². The van der Waals surface area contributed by atoms with Crippen molar-refractivity contribution in [3.05, 3.63) is 66.9 Å². The van der Waals surface area contributed by atoms with E-state index in [2.05, 4.69) is 18.2 Å². The third-order valence-corrected chi connectivity index (χ3v) is 6.42. The van der Waals surface area contributed by atoms with Gasteiger partial charge in [-0.25, -0.2) is 0 Å². The highest BCUT2D eigenvalue weighted by Gasteiger charge is 2.18. The van der Waals surface area contributed by atoms with Gasteiger partial charge in [-0.1, -0.05) is 18.2 Å². The molecule has 5 nitrogen and oxygen atoms in total. The molecule has 0 N–H and O–H groups in total. The van der Waals surface area contributed by atoms with E-state index >= 15 is 0 Å². The molecule has 0 atom stereocenters. The van der Waals surface area contributed by atoms with E-state index in [4.69, 9.17) is 23.9 Å². The summed E-state index contributed by atoms with van der Waals surface area (Å²) in [5.41, 5.74) is 3.70. The summed E-state index contributed by atoms with van der Waals surface area (Å²) in [4.78, 5) is 6.91. The molecule has 35 heavy (non-hydrogen) atoms. The summed E-state index contributed by atoms with van der Waals surface area (Å²) < 4.78 is 23.4. The van der Waals surface area contributed by atoms with Crippen LogP contribution in [-0.2, 0) is 0 Å². The molecular formula is C29H31NO4S. The fourth-order valence-electron chi connectivity index (χ4n) is 3.89. The van der Waals surface area contributed by atoms with Gasteiger partial charge < -0.3 is 18.9 Å². The smallest absolute Gasteiger partial charge is 0.132 e. The van der Waals surface area contributed by atoms with Crippen molar-refractivity contribution >= 4 is 11.3 Å². The van der Waals surface area contributed by atoms with Crippen molar-refractivity contribution in [2.75, 3.05) is 14.2 Å². The van der Waals surface area contributed by atoms with Gasteiger partial charge in [-0.3, -0.25) is 4.98 Å². The summed E-state index contributed by atoms with van der Waals surface area (Å²) in [5, 5.41) is 0. The first-order chi connectivity index (χ1) is 16.9. The molecule has 0 spiro atoms. The lowest BCUT2D eigenvalue weighted by atomic mass is 10.0. The maximum absolute atomic E-state index is 6.07. The fraction of sp³-hybridized carbons (Fsp3) is 0.276. The van der Waals surface area contributed by atoms with Gasteiger partial charge in [-0.2, -0.15) is 0 Å². The Morgan fingerprint density at radius 3 is 1.71 bits per heavy atom. The Labute approximate surface area is 211 Å². The van der Waals surface area contributed by atoms with E-state index in [0.717, 1.165) is 55.1 Å². The third-order valence-electron chi connectivity index (χ3n) is 5.30. The lowest BCUT2D eigenvalue weighted by Gasteiger charge is -2.17. The highest BCUT2D eigenvalue weighted by atomic mass is 32.1. The second-order valence-corrected chi connectivity index (χ2v) is 9.68. The molecule has 0 radical (unpaired) electrons. The van der Waals surface area contributed by atoms with Gasteiger partial charge in [0.05, 0.1) is 48.1 Å². The lowest BCUT2D eigenvalue weighted by Crippen LogP contribution is -2.07. The van der Waals surface area contributed by atoms with E-state index in [1.807, 2.05) is 76.4 Å². The molecule has 4 aromatic rings. The Hall–Kier alpha value is -3.51. The number of pyridine rings is 1. The first kappa shape index (κ1) is 24.6. The monoisotopic (exact) mass is 489 g/mol. The minimum atomic E-state index is 0.0529. The molecule has 0 saturated carbocycles. The quantitative estimate of drug-likeness (QED) is 0.241. The largest absolute Gasteiger partial charge is 0.496 e. The lowest BCUT2D eigenvalue weighted by molar-refractivity contribution is 0.242. The van der Waals surface area contributed by atoms with Gasteiger partial charge in [0.2, 0.25) is 0 Å². The topological polar surface area (TPSA) is 49.8 Å². The fourth-order valence-corrected chi connectivity index (χ4v) is 4.93. The van der Waals surface area contributed by atoms with E-state index in [1.54, 1.807) is 25.6 Å². The van der Waals surface area contributed by atoms with Crippen LogP contribution in [0.1, 0.15) is 27.7 Å². The third kappa shape index (κ3) is 5.43. The van der Waals surface area contributed by atoms with E-state index in [0.29, 0.717) is 0 Å². The second kappa shape index (κ2) is 10.8. The van der Waals surface area contributed by atoms with Crippen molar-refractivity contribution in [2.24, 2.45) is 0 Å². The van der Waals surface area contributed by atoms with E-state index in [-0.39, 0.29) is 12.2 Å². The normalized spacial score (nSPS) is 11.1. The molecule has 0 amide bonds. The molecule has 182 valence electrons. The maximum Gasteiger partial charge on any atom is 0.132 e. The van der Waals surface area contributed by atoms with Crippen molar-refractivity contribution < 1.29 is 18.9 Å². The number of ether oxygens (including phenoxy) is 4. The minimum Gasteiger partial charge on any atom is -0.496 e. The van der Waals surface area contributed by atoms with Crippen LogP contribution in [0.5, 0.6) is 23.0 Å². The Morgan fingerprint density at radius 1 is 0.629 bits per heavy atom. The zero-order chi connectivity index (χ0) is 24.9. The SMILES string of the molecule is COc1cccc(OC(C)C)c1-c1ccc(-c2ccc(-c3c(OC)cccc3OC(C)C)s2)nc1. The van der Waals surface area contributed by atoms with Crippen LogP contribution in [0.4, 0.5) is 0 Å². The first-order valence-electron chi connectivity index (χ1n) is 11.7. The van der Waals surface area contributed by atoms with Crippen molar-refractivity contribution in [2.45, 2.75) is 39.9 Å². The molecule has 2 heterocycles. The molecule has 2 aromatic carbocycles. The Morgan fingerprint density at radius 2 is 1.17 bits per heavy atom. The number of thiophene rings is 1. The molecule has 4 rings (SSSR count). The first-order valence-corrected chi connectivity index (χ1v) is 12.5. The zero-order valence-corrected chi connectivity index (χ0v) is 21.8. The number of nitrogens with zero attached hydrogens (tertiary/aromatic N) is 1. The molecule has 0 aliphatic carbocycles. The van der Waals surface area contributed by atoms with Gasteiger partial charge in [-0.05, 0) is 70.2 Å². The van der Waals surface area contributed by atoms with E-state index in [1.165, 1.54) is 0 Å². The van der Waals surface area contributed by atoms with Gasteiger partial charge in [-0.15, -0.1) is 11.3 Å². The van der Waals surface area contributed by atoms with Crippen LogP contribution in [0.2, 0.25) is 0 Å². The van der Waals surface area contributed by atoms with Crippen LogP contribution in [-0.4, -0.2) is 31.4 Å². The number of methoxy groups -OCH3 is 2. The highest BCUT2D eigenvalue weighted by molar-refractivity contribution is 7.18. The number of aromatic nitrogens is 1. The van der Waals surface area contributed by atoms with Crippen LogP contribution in [0.3, 0.4) is 0 Å². The van der Waals surface area contributed by atoms with Crippen molar-refractivity contribution in [1.29, 1.82) is 0 Å². The van der Waals surface area contributed by atoms with Crippen molar-refractivity contribution in [3.63, 3.8) is 0 Å². The molecule has 0 aliphatic heterocycles. The predicted octanol–water partition coefficient (Wildman–Crippen LogP) is 7.74. The molecule has 0 fully saturated rings. The molecular weight excluding hydrogens is 458 g/mol. The van der Waals surface area contributed by atoms with Gasteiger partial charge in [0.15, 0.2) is 0 Å². The molecule has 6 heteroatoms. The van der Waals surface area contributed by atoms with E-state index in [9.17, 15) is 0 Å². The number of hydrogen-bond donors (Lipinski definition) is 0. The number of hydrogen-bond acceptors (Lipinski definition) is 6. The molecule has 0 saturated heterocycles. The summed E-state index contributed by atoms with van der Waals surface area (Å²) in [6, 6.07) is 20.0. The van der Waals surface area contributed by atoms with Crippen molar-refractivity contribution in [3.8, 4) is 55.1 Å². The van der Waals surface area contributed by atoms with Crippen LogP contribution in [0.15, 0.2) is 66.9 Å². The Kier molecular flexibility index (Phi) is 7.61. The van der Waals surface area contributed by atoms with Gasteiger partial charge in [0.1, 0.15) is 23.0 Å². The van der Waals surface area contributed by atoms with Crippen LogP contribution >= 0.6 is 11.3 Å². The number of rotatable bonds is 9. The summed E-state index contributed by atoms with van der Waals surface area (Å²) in [6.45, 7) is 8.07. The maximum atomic E-state index is 6.07. The summed E-state index contributed by atoms with van der Waals surface area (Å²) in [7, 11) is 3.35. The molecule has 0 bridgehead atoms. The zero-order valence-electron chi connectivity index (χ0n) is 21.0. The summed E-state index contributed by atoms with van der Waals surface area (Å²) >= 11 is 1.66. The van der Waals surface area contributed by atoms with Crippen LogP contribution in [0, 0.1) is 0 Å². The Bertz CT molecular complexity index is 1280. The highest BCUT2D eigenvalue weighted by Crippen LogP contribution is 2.44. The predicted molar refractivity (Wildman–Crippen MR) is 143 cm³/mol. The van der Waals surface area contributed by atoms with Crippen LogP contribution < -0.4 is 18.9 Å². The Balaban J connectivity index is 1.69. The van der Waals surface area contributed by atoms with E-state index < -0.39 is 0 Å². The summed E-state index contributed by atoms with van der Waals surface area (Å²) in [5.74, 6) is 3.13. The van der Waals surface area contributed by atoms with Crippen molar-refractivity contribution in [1.82, 2.24) is 4.98 Å². The molecule has 0 unspecified atom stereocenters. The summed E-state index contributed by atoms with van der Waals surface area (Å²) in [6.07, 6.45) is 1.99. The molecule has 0 aliphatic rings. The van der Waals surface area contributed by atoms with Gasteiger partial charge in [0, 0.05) is 16.6 Å². The second-order valence-electron chi connectivity index (χ2n) is 8.60. The minimum absolute atomic E-state index is 0.0529. The average Bonchev–Trinajstić information content (AvgIpc) is 3.33. The molecule has 2 aromatic heterocycles. The van der Waals surface area contributed by atoms with Gasteiger partial charge in [0.25, 0.3) is 0 Å².